The van der Waals surface area contributed by atoms with Crippen LogP contribution in [0.3, 0.4) is 0 Å². The average molecular weight is 296 g/mol. The third-order valence-electron chi connectivity index (χ3n) is 4.30. The molecule has 0 bridgehead atoms. The lowest BCUT2D eigenvalue weighted by Crippen LogP contribution is -2.02. The van der Waals surface area contributed by atoms with Gasteiger partial charge in [-0.25, -0.2) is 0 Å². The van der Waals surface area contributed by atoms with Crippen LogP contribution in [0.15, 0.2) is 36.4 Å². The largest absolute Gasteiger partial charge is 0.508 e. The van der Waals surface area contributed by atoms with Crippen LogP contribution < -0.4 is 0 Å². The Bertz CT molecular complexity index is 625. The zero-order chi connectivity index (χ0) is 16.4. The third kappa shape index (κ3) is 3.19. The fourth-order valence-electron chi connectivity index (χ4n) is 3.12. The predicted octanol–water partition coefficient (Wildman–Crippen LogP) is 6.43. The highest BCUT2D eigenvalue weighted by Gasteiger charge is 2.19. The van der Waals surface area contributed by atoms with Gasteiger partial charge < -0.3 is 5.11 Å². The second-order valence-corrected chi connectivity index (χ2v) is 7.05. The Balaban J connectivity index is 2.81. The Morgan fingerprint density at radius 3 is 1.64 bits per heavy atom. The summed E-state index contributed by atoms with van der Waals surface area (Å²) in [6, 6.07) is 12.5. The van der Waals surface area contributed by atoms with Crippen molar-refractivity contribution in [1.29, 1.82) is 0 Å². The highest BCUT2D eigenvalue weighted by atomic mass is 16.3. The van der Waals surface area contributed by atoms with Crippen molar-refractivity contribution in [3.05, 3.63) is 53.1 Å². The first kappa shape index (κ1) is 16.6. The van der Waals surface area contributed by atoms with Crippen LogP contribution in [-0.4, -0.2) is 5.11 Å². The lowest BCUT2D eigenvalue weighted by molar-refractivity contribution is 0.474. The van der Waals surface area contributed by atoms with Crippen LogP contribution in [0.1, 0.15) is 76.0 Å². The van der Waals surface area contributed by atoms with E-state index in [0.29, 0.717) is 23.5 Å². The maximum atomic E-state index is 9.89. The molecule has 0 amide bonds. The number of aromatic hydroxyl groups is 1. The van der Waals surface area contributed by atoms with Crippen LogP contribution in [0.2, 0.25) is 0 Å². The van der Waals surface area contributed by atoms with Crippen molar-refractivity contribution in [3.63, 3.8) is 0 Å². The first-order valence-electron chi connectivity index (χ1n) is 8.29. The fourth-order valence-corrected chi connectivity index (χ4v) is 3.12. The summed E-state index contributed by atoms with van der Waals surface area (Å²) >= 11 is 0. The molecule has 0 aliphatic rings. The first-order chi connectivity index (χ1) is 10.3. The summed E-state index contributed by atoms with van der Waals surface area (Å²) in [5.41, 5.74) is 6.62. The quantitative estimate of drug-likeness (QED) is 0.689. The van der Waals surface area contributed by atoms with Gasteiger partial charge in [-0.15, -0.1) is 0 Å². The molecule has 0 atom stereocenters. The zero-order valence-corrected chi connectivity index (χ0v) is 14.6. The monoisotopic (exact) mass is 296 g/mol. The molecule has 0 radical (unpaired) electrons. The van der Waals surface area contributed by atoms with E-state index >= 15 is 0 Å². The molecular formula is C21H28O. The molecule has 0 aliphatic heterocycles. The number of rotatable bonds is 4. The molecule has 1 N–H and O–H groups in total. The highest BCUT2D eigenvalue weighted by Crippen LogP contribution is 2.40. The molecule has 0 saturated carbocycles. The smallest absolute Gasteiger partial charge is 0.115 e. The summed E-state index contributed by atoms with van der Waals surface area (Å²) in [6.07, 6.45) is 0. The van der Waals surface area contributed by atoms with Gasteiger partial charge in [0.05, 0.1) is 0 Å². The molecule has 1 heteroatoms. The molecule has 22 heavy (non-hydrogen) atoms. The van der Waals surface area contributed by atoms with Crippen LogP contribution in [-0.2, 0) is 0 Å². The highest BCUT2D eigenvalue weighted by molar-refractivity contribution is 5.76. The summed E-state index contributed by atoms with van der Waals surface area (Å²) in [4.78, 5) is 0. The Hall–Kier alpha value is -1.76. The van der Waals surface area contributed by atoms with E-state index < -0.39 is 0 Å². The molecular weight excluding hydrogens is 268 g/mol. The summed E-state index contributed by atoms with van der Waals surface area (Å²) in [7, 11) is 0. The number of hydrogen-bond donors (Lipinski definition) is 1. The Labute approximate surface area is 135 Å². The summed E-state index contributed by atoms with van der Waals surface area (Å²) in [5, 5.41) is 9.89. The van der Waals surface area contributed by atoms with Crippen molar-refractivity contribution in [2.24, 2.45) is 0 Å². The molecule has 0 aromatic heterocycles. The van der Waals surface area contributed by atoms with Crippen molar-refractivity contribution < 1.29 is 5.11 Å². The molecule has 2 aromatic rings. The Kier molecular flexibility index (Phi) is 4.95. The van der Waals surface area contributed by atoms with Crippen LogP contribution in [0.25, 0.3) is 11.1 Å². The number of hydrogen-bond acceptors (Lipinski definition) is 1. The maximum Gasteiger partial charge on any atom is 0.115 e. The molecule has 2 aromatic carbocycles. The molecule has 1 nitrogen and oxygen atoms in total. The lowest BCUT2D eigenvalue weighted by Gasteiger charge is -2.23. The van der Waals surface area contributed by atoms with Gasteiger partial charge in [0.25, 0.3) is 0 Å². The van der Waals surface area contributed by atoms with E-state index in [0.717, 1.165) is 0 Å². The molecule has 0 heterocycles. The molecule has 0 spiro atoms. The Morgan fingerprint density at radius 1 is 0.682 bits per heavy atom. The molecule has 0 saturated heterocycles. The summed E-state index contributed by atoms with van der Waals surface area (Å²) < 4.78 is 0. The van der Waals surface area contributed by atoms with E-state index in [1.54, 1.807) is 0 Å². The van der Waals surface area contributed by atoms with Crippen LogP contribution in [0.4, 0.5) is 0 Å². The summed E-state index contributed by atoms with van der Waals surface area (Å²) in [6.45, 7) is 13.4. The van der Waals surface area contributed by atoms with Crippen molar-refractivity contribution >= 4 is 0 Å². The van der Waals surface area contributed by atoms with Gasteiger partial charge >= 0.3 is 0 Å². The van der Waals surface area contributed by atoms with Gasteiger partial charge in [0.2, 0.25) is 0 Å². The topological polar surface area (TPSA) is 20.2 Å². The maximum absolute atomic E-state index is 9.89. The fraction of sp³-hybridized carbons (Fsp3) is 0.429. The number of phenols is 1. The van der Waals surface area contributed by atoms with E-state index in [2.05, 4.69) is 65.8 Å². The van der Waals surface area contributed by atoms with Crippen molar-refractivity contribution in [2.45, 2.75) is 59.3 Å². The van der Waals surface area contributed by atoms with Gasteiger partial charge in [0.1, 0.15) is 5.75 Å². The van der Waals surface area contributed by atoms with Crippen LogP contribution in [0, 0.1) is 0 Å². The normalized spacial score (nSPS) is 11.7. The van der Waals surface area contributed by atoms with Crippen LogP contribution in [0.5, 0.6) is 5.75 Å². The second kappa shape index (κ2) is 6.56. The van der Waals surface area contributed by atoms with Gasteiger partial charge in [-0.2, -0.15) is 0 Å². The standard InChI is InChI=1S/C21H28O/c1-13(2)17-8-7-9-18(14(3)4)21(17)19-11-10-16(22)12-20(19)15(5)6/h7-15,22H,1-6H3. The van der Waals surface area contributed by atoms with E-state index in [4.69, 9.17) is 0 Å². The van der Waals surface area contributed by atoms with Gasteiger partial charge in [-0.05, 0) is 57.7 Å². The van der Waals surface area contributed by atoms with Crippen molar-refractivity contribution in [3.8, 4) is 16.9 Å². The van der Waals surface area contributed by atoms with E-state index in [9.17, 15) is 5.11 Å². The van der Waals surface area contributed by atoms with E-state index in [-0.39, 0.29) is 0 Å². The minimum Gasteiger partial charge on any atom is -0.508 e. The predicted molar refractivity (Wildman–Crippen MR) is 95.8 cm³/mol. The number of benzene rings is 2. The average Bonchev–Trinajstić information content (AvgIpc) is 2.46. The first-order valence-corrected chi connectivity index (χ1v) is 8.29. The van der Waals surface area contributed by atoms with Gasteiger partial charge in [0, 0.05) is 0 Å². The second-order valence-electron chi connectivity index (χ2n) is 7.05. The minimum atomic E-state index is 0.348. The van der Waals surface area contributed by atoms with Gasteiger partial charge in [0.15, 0.2) is 0 Å². The molecule has 118 valence electrons. The Morgan fingerprint density at radius 2 is 1.18 bits per heavy atom. The molecule has 0 aliphatic carbocycles. The number of phenolic OH excluding ortho intramolecular Hbond substituents is 1. The summed E-state index contributed by atoms with van der Waals surface area (Å²) in [5.74, 6) is 1.67. The van der Waals surface area contributed by atoms with Gasteiger partial charge in [-0.3, -0.25) is 0 Å². The molecule has 0 fully saturated rings. The minimum absolute atomic E-state index is 0.348. The lowest BCUT2D eigenvalue weighted by atomic mass is 9.81. The van der Waals surface area contributed by atoms with Gasteiger partial charge in [-0.1, -0.05) is 65.8 Å². The molecule has 2 rings (SSSR count). The van der Waals surface area contributed by atoms with E-state index in [1.807, 2.05) is 12.1 Å². The van der Waals surface area contributed by atoms with Crippen LogP contribution >= 0.6 is 0 Å². The SMILES string of the molecule is CC(C)c1cc(O)ccc1-c1c(C(C)C)cccc1C(C)C. The van der Waals surface area contributed by atoms with Crippen molar-refractivity contribution in [1.82, 2.24) is 0 Å². The van der Waals surface area contributed by atoms with E-state index in [1.165, 1.54) is 27.8 Å². The third-order valence-corrected chi connectivity index (χ3v) is 4.30. The molecule has 0 unspecified atom stereocenters. The van der Waals surface area contributed by atoms with Crippen molar-refractivity contribution in [2.75, 3.05) is 0 Å². The zero-order valence-electron chi connectivity index (χ0n) is 14.6.